The van der Waals surface area contributed by atoms with Crippen molar-refractivity contribution in [1.29, 1.82) is 0 Å². The van der Waals surface area contributed by atoms with Crippen LogP contribution in [0.3, 0.4) is 0 Å². The highest BCUT2D eigenvalue weighted by molar-refractivity contribution is 5.62. The van der Waals surface area contributed by atoms with Crippen molar-refractivity contribution in [3.63, 3.8) is 0 Å². The van der Waals surface area contributed by atoms with E-state index in [-0.39, 0.29) is 6.61 Å². The Morgan fingerprint density at radius 2 is 1.91 bits per heavy atom. The molecule has 0 saturated carbocycles. The molecule has 1 aliphatic rings. The maximum Gasteiger partial charge on any atom is 0.173 e. The Hall–Kier alpha value is -1.73. The van der Waals surface area contributed by atoms with Gasteiger partial charge in [-0.1, -0.05) is 35.5 Å². The summed E-state index contributed by atoms with van der Waals surface area (Å²) in [6, 6.07) is 9.36. The van der Waals surface area contributed by atoms with Gasteiger partial charge < -0.3 is 24.2 Å². The van der Waals surface area contributed by atoms with Gasteiger partial charge in [0, 0.05) is 5.56 Å². The average molecular weight is 319 g/mol. The molecule has 1 saturated heterocycles. The van der Waals surface area contributed by atoms with Crippen LogP contribution in [0.1, 0.15) is 31.2 Å². The van der Waals surface area contributed by atoms with Crippen molar-refractivity contribution < 1.29 is 24.2 Å². The number of nitrogens with zero attached hydrogens (tertiary/aromatic N) is 1. The predicted molar refractivity (Wildman–Crippen MR) is 82.5 cm³/mol. The van der Waals surface area contributed by atoms with Crippen LogP contribution in [0.25, 0.3) is 11.3 Å². The predicted octanol–water partition coefficient (Wildman–Crippen LogP) is 2.20. The van der Waals surface area contributed by atoms with Crippen LogP contribution in [0.4, 0.5) is 0 Å². The minimum absolute atomic E-state index is 0.218. The molecule has 2 aromatic rings. The molecule has 1 aliphatic heterocycles. The number of hydrogen-bond acceptors (Lipinski definition) is 6. The van der Waals surface area contributed by atoms with Gasteiger partial charge in [-0.3, -0.25) is 0 Å². The Morgan fingerprint density at radius 3 is 2.52 bits per heavy atom. The summed E-state index contributed by atoms with van der Waals surface area (Å²) in [6.07, 6.45) is -2.94. The highest BCUT2D eigenvalue weighted by atomic mass is 16.7. The number of rotatable bonds is 4. The SMILES string of the molecule is Cc1noc(-c2ccccc2)c1[C@H](O)[C@H](O)[C@H]1COC(C)(C)O1. The van der Waals surface area contributed by atoms with E-state index in [2.05, 4.69) is 5.16 Å². The Labute approximate surface area is 134 Å². The fourth-order valence-electron chi connectivity index (χ4n) is 2.78. The second-order valence-electron chi connectivity index (χ2n) is 6.18. The first kappa shape index (κ1) is 16.1. The van der Waals surface area contributed by atoms with Crippen LogP contribution in [-0.2, 0) is 9.47 Å². The normalized spacial score (nSPS) is 22.9. The minimum atomic E-state index is -1.18. The summed E-state index contributed by atoms with van der Waals surface area (Å²) >= 11 is 0. The van der Waals surface area contributed by atoms with Crippen molar-refractivity contribution in [1.82, 2.24) is 5.16 Å². The van der Waals surface area contributed by atoms with Crippen molar-refractivity contribution in [2.45, 2.75) is 44.9 Å². The van der Waals surface area contributed by atoms with Crippen LogP contribution >= 0.6 is 0 Å². The van der Waals surface area contributed by atoms with Gasteiger partial charge >= 0.3 is 0 Å². The van der Waals surface area contributed by atoms with E-state index in [0.29, 0.717) is 17.0 Å². The molecule has 0 unspecified atom stereocenters. The first-order chi connectivity index (χ1) is 10.9. The van der Waals surface area contributed by atoms with Crippen molar-refractivity contribution >= 4 is 0 Å². The van der Waals surface area contributed by atoms with Gasteiger partial charge in [0.05, 0.1) is 17.9 Å². The number of aromatic nitrogens is 1. The molecule has 0 spiro atoms. The largest absolute Gasteiger partial charge is 0.387 e. The second kappa shape index (κ2) is 6.05. The summed E-state index contributed by atoms with van der Waals surface area (Å²) in [4.78, 5) is 0. The zero-order valence-electron chi connectivity index (χ0n) is 13.4. The van der Waals surface area contributed by atoms with Gasteiger partial charge in [-0.2, -0.15) is 0 Å². The number of aryl methyl sites for hydroxylation is 1. The topological polar surface area (TPSA) is 85.0 Å². The van der Waals surface area contributed by atoms with Crippen molar-refractivity contribution in [2.24, 2.45) is 0 Å². The highest BCUT2D eigenvalue weighted by Crippen LogP contribution is 2.35. The number of aliphatic hydroxyl groups excluding tert-OH is 2. The molecule has 2 N–H and O–H groups in total. The van der Waals surface area contributed by atoms with Crippen molar-refractivity contribution in [3.05, 3.63) is 41.6 Å². The smallest absolute Gasteiger partial charge is 0.173 e. The van der Waals surface area contributed by atoms with E-state index in [9.17, 15) is 10.2 Å². The van der Waals surface area contributed by atoms with Gasteiger partial charge in [0.15, 0.2) is 11.5 Å². The van der Waals surface area contributed by atoms with E-state index in [1.807, 2.05) is 30.3 Å². The average Bonchev–Trinajstić information content (AvgIpc) is 3.09. The third kappa shape index (κ3) is 3.16. The Balaban J connectivity index is 1.88. The summed E-state index contributed by atoms with van der Waals surface area (Å²) in [5.41, 5.74) is 1.80. The van der Waals surface area contributed by atoms with Crippen molar-refractivity contribution in [2.75, 3.05) is 6.61 Å². The monoisotopic (exact) mass is 319 g/mol. The van der Waals surface area contributed by atoms with Crippen LogP contribution in [0.2, 0.25) is 0 Å². The molecule has 0 bridgehead atoms. The molecule has 124 valence electrons. The highest BCUT2D eigenvalue weighted by Gasteiger charge is 2.41. The Kier molecular flexibility index (Phi) is 4.25. The van der Waals surface area contributed by atoms with Crippen LogP contribution < -0.4 is 0 Å². The zero-order valence-corrected chi connectivity index (χ0v) is 13.4. The lowest BCUT2D eigenvalue weighted by molar-refractivity contribution is -0.160. The van der Waals surface area contributed by atoms with E-state index in [1.165, 1.54) is 0 Å². The summed E-state index contributed by atoms with van der Waals surface area (Å²) in [7, 11) is 0. The number of hydrogen-bond donors (Lipinski definition) is 2. The third-order valence-corrected chi connectivity index (χ3v) is 3.97. The summed E-state index contributed by atoms with van der Waals surface area (Å²) in [5, 5.41) is 25.1. The first-order valence-electron chi connectivity index (χ1n) is 7.58. The van der Waals surface area contributed by atoms with E-state index in [1.54, 1.807) is 20.8 Å². The molecule has 1 fully saturated rings. The molecule has 1 aromatic heterocycles. The van der Waals surface area contributed by atoms with Crippen molar-refractivity contribution in [3.8, 4) is 11.3 Å². The lowest BCUT2D eigenvalue weighted by Crippen LogP contribution is -2.35. The molecule has 1 aromatic carbocycles. The van der Waals surface area contributed by atoms with Crippen LogP contribution in [-0.4, -0.2) is 40.0 Å². The van der Waals surface area contributed by atoms with Gasteiger partial charge in [0.1, 0.15) is 18.3 Å². The standard InChI is InChI=1S/C17H21NO5/c1-10-13(16(23-18-10)11-7-5-4-6-8-11)15(20)14(19)12-9-21-17(2,3)22-12/h4-8,12,14-15,19-20H,9H2,1-3H3/t12-,14-,15+/m1/s1. The Morgan fingerprint density at radius 1 is 1.22 bits per heavy atom. The number of ether oxygens (including phenoxy) is 2. The summed E-state index contributed by atoms with van der Waals surface area (Å²) < 4.78 is 16.4. The van der Waals surface area contributed by atoms with E-state index < -0.39 is 24.1 Å². The summed E-state index contributed by atoms with van der Waals surface area (Å²) in [5.74, 6) is -0.315. The molecular formula is C17H21NO5. The molecule has 3 rings (SSSR count). The van der Waals surface area contributed by atoms with Gasteiger partial charge in [-0.05, 0) is 20.8 Å². The molecule has 2 heterocycles. The quantitative estimate of drug-likeness (QED) is 0.898. The maximum absolute atomic E-state index is 10.6. The van der Waals surface area contributed by atoms with Gasteiger partial charge in [-0.25, -0.2) is 0 Å². The molecule has 0 aliphatic carbocycles. The zero-order chi connectivity index (χ0) is 16.6. The first-order valence-corrected chi connectivity index (χ1v) is 7.58. The molecule has 0 amide bonds. The van der Waals surface area contributed by atoms with Gasteiger partial charge in [-0.15, -0.1) is 0 Å². The molecule has 6 heteroatoms. The fourth-order valence-corrected chi connectivity index (χ4v) is 2.78. The third-order valence-electron chi connectivity index (χ3n) is 3.97. The lowest BCUT2D eigenvalue weighted by atomic mass is 9.96. The van der Waals surface area contributed by atoms with E-state index in [0.717, 1.165) is 5.56 Å². The molecule has 6 nitrogen and oxygen atoms in total. The van der Waals surface area contributed by atoms with Gasteiger partial charge in [0.25, 0.3) is 0 Å². The molecular weight excluding hydrogens is 298 g/mol. The molecule has 3 atom stereocenters. The molecule has 0 radical (unpaired) electrons. The van der Waals surface area contributed by atoms with Crippen LogP contribution in [0.15, 0.2) is 34.9 Å². The fraction of sp³-hybridized carbons (Fsp3) is 0.471. The number of benzene rings is 1. The Bertz CT molecular complexity index is 667. The van der Waals surface area contributed by atoms with Crippen LogP contribution in [0, 0.1) is 6.92 Å². The maximum atomic E-state index is 10.6. The van der Waals surface area contributed by atoms with Crippen LogP contribution in [0.5, 0.6) is 0 Å². The number of aliphatic hydroxyl groups is 2. The van der Waals surface area contributed by atoms with E-state index in [4.69, 9.17) is 14.0 Å². The minimum Gasteiger partial charge on any atom is -0.387 e. The molecule has 23 heavy (non-hydrogen) atoms. The lowest BCUT2D eigenvalue weighted by Gasteiger charge is -2.24. The second-order valence-corrected chi connectivity index (χ2v) is 6.18. The van der Waals surface area contributed by atoms with E-state index >= 15 is 0 Å². The summed E-state index contributed by atoms with van der Waals surface area (Å²) in [6.45, 7) is 5.49. The van der Waals surface area contributed by atoms with Gasteiger partial charge in [0.2, 0.25) is 0 Å².